The van der Waals surface area contributed by atoms with E-state index >= 15 is 0 Å². The molecule has 1 aromatic heterocycles. The molecular weight excluding hydrogens is 482 g/mol. The molecular formula is C22H24FIN4O. The smallest absolute Gasteiger partial charge is 0.213 e. The van der Waals surface area contributed by atoms with E-state index in [0.29, 0.717) is 37.1 Å². The van der Waals surface area contributed by atoms with Crippen LogP contribution in [0.2, 0.25) is 0 Å². The van der Waals surface area contributed by atoms with Crippen molar-refractivity contribution in [2.45, 2.75) is 19.7 Å². The van der Waals surface area contributed by atoms with Crippen LogP contribution in [-0.2, 0) is 19.7 Å². The van der Waals surface area contributed by atoms with E-state index in [-0.39, 0.29) is 29.8 Å². The zero-order chi connectivity index (χ0) is 19.6. The Morgan fingerprint density at radius 2 is 1.69 bits per heavy atom. The first-order valence-corrected chi connectivity index (χ1v) is 9.04. The van der Waals surface area contributed by atoms with Gasteiger partial charge in [-0.2, -0.15) is 0 Å². The molecule has 1 heterocycles. The fourth-order valence-corrected chi connectivity index (χ4v) is 2.60. The van der Waals surface area contributed by atoms with Crippen LogP contribution >= 0.6 is 24.0 Å². The van der Waals surface area contributed by atoms with Gasteiger partial charge < -0.3 is 15.4 Å². The van der Waals surface area contributed by atoms with E-state index in [2.05, 4.69) is 20.6 Å². The number of nitrogens with one attached hydrogen (secondary N) is 2. The van der Waals surface area contributed by atoms with Crippen molar-refractivity contribution in [1.29, 1.82) is 0 Å². The first-order chi connectivity index (χ1) is 13.7. The number of benzene rings is 2. The van der Waals surface area contributed by atoms with Gasteiger partial charge in [0.25, 0.3) is 0 Å². The second-order valence-electron chi connectivity index (χ2n) is 6.15. The summed E-state index contributed by atoms with van der Waals surface area (Å²) in [7, 11) is 1.68. The Labute approximate surface area is 187 Å². The van der Waals surface area contributed by atoms with Crippen LogP contribution in [0.3, 0.4) is 0 Å². The fraction of sp³-hybridized carbons (Fsp3) is 0.182. The Kier molecular flexibility index (Phi) is 9.36. The van der Waals surface area contributed by atoms with Crippen molar-refractivity contribution in [2.24, 2.45) is 4.99 Å². The first kappa shape index (κ1) is 22.6. The number of aliphatic imine (C=N–C) groups is 1. The predicted molar refractivity (Wildman–Crippen MR) is 124 cm³/mol. The van der Waals surface area contributed by atoms with Gasteiger partial charge in [-0.05, 0) is 23.3 Å². The zero-order valence-corrected chi connectivity index (χ0v) is 18.5. The molecule has 2 aromatic carbocycles. The van der Waals surface area contributed by atoms with Crippen molar-refractivity contribution in [3.05, 3.63) is 95.4 Å². The van der Waals surface area contributed by atoms with Crippen molar-refractivity contribution in [1.82, 2.24) is 15.6 Å². The third-order valence-electron chi connectivity index (χ3n) is 4.12. The molecule has 5 nitrogen and oxygen atoms in total. The van der Waals surface area contributed by atoms with Crippen LogP contribution in [0.4, 0.5) is 4.39 Å². The number of rotatable bonds is 7. The summed E-state index contributed by atoms with van der Waals surface area (Å²) in [5.74, 6) is 0.920. The number of guanidine groups is 1. The molecule has 0 radical (unpaired) electrons. The number of hydrogen-bond acceptors (Lipinski definition) is 3. The molecule has 3 rings (SSSR count). The van der Waals surface area contributed by atoms with Gasteiger partial charge in [-0.3, -0.25) is 4.99 Å². The predicted octanol–water partition coefficient (Wildman–Crippen LogP) is 4.28. The second kappa shape index (κ2) is 12.0. The Morgan fingerprint density at radius 1 is 0.966 bits per heavy atom. The van der Waals surface area contributed by atoms with E-state index in [9.17, 15) is 4.39 Å². The van der Waals surface area contributed by atoms with Crippen molar-refractivity contribution in [3.8, 4) is 5.88 Å². The van der Waals surface area contributed by atoms with E-state index in [4.69, 9.17) is 4.74 Å². The van der Waals surface area contributed by atoms with Gasteiger partial charge in [0.2, 0.25) is 5.88 Å². The van der Waals surface area contributed by atoms with Gasteiger partial charge in [0, 0.05) is 38.0 Å². The van der Waals surface area contributed by atoms with E-state index < -0.39 is 0 Å². The highest BCUT2D eigenvalue weighted by Crippen LogP contribution is 2.12. The maximum absolute atomic E-state index is 13.7. The molecule has 0 spiro atoms. The Balaban J connectivity index is 0.00000300. The van der Waals surface area contributed by atoms with Gasteiger partial charge in [0.15, 0.2) is 5.96 Å². The molecule has 0 atom stereocenters. The van der Waals surface area contributed by atoms with Crippen LogP contribution in [0, 0.1) is 5.82 Å². The zero-order valence-electron chi connectivity index (χ0n) is 16.1. The minimum absolute atomic E-state index is 0. The van der Waals surface area contributed by atoms with Crippen molar-refractivity contribution in [3.63, 3.8) is 0 Å². The molecule has 7 heteroatoms. The summed E-state index contributed by atoms with van der Waals surface area (Å²) >= 11 is 0. The molecule has 0 unspecified atom stereocenters. The summed E-state index contributed by atoms with van der Waals surface area (Å²) in [5.41, 5.74) is 2.68. The maximum atomic E-state index is 13.7. The SMILES string of the molecule is CN=C(NCc1ccnc(OCc2ccccc2)c1)NCc1ccccc1F.I. The van der Waals surface area contributed by atoms with Crippen molar-refractivity contribution < 1.29 is 9.13 Å². The van der Waals surface area contributed by atoms with Crippen LogP contribution in [0.15, 0.2) is 77.9 Å². The highest BCUT2D eigenvalue weighted by Gasteiger charge is 2.04. The lowest BCUT2D eigenvalue weighted by atomic mass is 10.2. The molecule has 29 heavy (non-hydrogen) atoms. The second-order valence-corrected chi connectivity index (χ2v) is 6.15. The van der Waals surface area contributed by atoms with Crippen LogP contribution in [0.5, 0.6) is 5.88 Å². The first-order valence-electron chi connectivity index (χ1n) is 9.04. The van der Waals surface area contributed by atoms with Gasteiger partial charge >= 0.3 is 0 Å². The molecule has 0 fully saturated rings. The van der Waals surface area contributed by atoms with E-state index in [1.165, 1.54) is 6.07 Å². The quantitative estimate of drug-likeness (QED) is 0.286. The molecule has 3 aromatic rings. The highest BCUT2D eigenvalue weighted by atomic mass is 127. The van der Waals surface area contributed by atoms with Gasteiger partial charge in [0.05, 0.1) is 0 Å². The maximum Gasteiger partial charge on any atom is 0.213 e. The lowest BCUT2D eigenvalue weighted by molar-refractivity contribution is 0.293. The summed E-state index contributed by atoms with van der Waals surface area (Å²) in [4.78, 5) is 8.42. The molecule has 0 amide bonds. The average Bonchev–Trinajstić information content (AvgIpc) is 2.74. The normalized spacial score (nSPS) is 10.8. The van der Waals surface area contributed by atoms with Crippen LogP contribution < -0.4 is 15.4 Å². The molecule has 0 saturated carbocycles. The van der Waals surface area contributed by atoms with Gasteiger partial charge in [-0.25, -0.2) is 9.37 Å². The number of ether oxygens (including phenoxy) is 1. The summed E-state index contributed by atoms with van der Waals surface area (Å²) in [6.45, 7) is 1.37. The number of halogens is 2. The molecule has 0 aliphatic heterocycles. The van der Waals surface area contributed by atoms with E-state index in [1.807, 2.05) is 48.5 Å². The Hall–Kier alpha value is -2.68. The largest absolute Gasteiger partial charge is 0.473 e. The number of pyridine rings is 1. The average molecular weight is 506 g/mol. The molecule has 152 valence electrons. The summed E-state index contributed by atoms with van der Waals surface area (Å²) in [6.07, 6.45) is 1.72. The molecule has 0 aliphatic rings. The lowest BCUT2D eigenvalue weighted by Crippen LogP contribution is -2.36. The minimum atomic E-state index is -0.236. The van der Waals surface area contributed by atoms with E-state index in [0.717, 1.165) is 11.1 Å². The highest BCUT2D eigenvalue weighted by molar-refractivity contribution is 14.0. The number of aromatic nitrogens is 1. The Morgan fingerprint density at radius 3 is 2.45 bits per heavy atom. The molecule has 0 bridgehead atoms. The van der Waals surface area contributed by atoms with Crippen LogP contribution in [-0.4, -0.2) is 18.0 Å². The number of nitrogens with zero attached hydrogens (tertiary/aromatic N) is 2. The van der Waals surface area contributed by atoms with Crippen molar-refractivity contribution >= 4 is 29.9 Å². The third-order valence-corrected chi connectivity index (χ3v) is 4.12. The molecule has 2 N–H and O–H groups in total. The fourth-order valence-electron chi connectivity index (χ4n) is 2.60. The third kappa shape index (κ3) is 7.34. The van der Waals surface area contributed by atoms with Gasteiger partial charge in [-0.15, -0.1) is 24.0 Å². The Bertz CT molecular complexity index is 921. The van der Waals surface area contributed by atoms with Gasteiger partial charge in [-0.1, -0.05) is 48.5 Å². The van der Waals surface area contributed by atoms with E-state index in [1.54, 1.807) is 25.4 Å². The monoisotopic (exact) mass is 506 g/mol. The summed E-state index contributed by atoms with van der Waals surface area (Å²) in [6, 6.07) is 20.4. The standard InChI is InChI=1S/C22H23FN4O.HI/c1-24-22(27-15-19-9-5-6-10-20(19)23)26-14-18-11-12-25-21(13-18)28-16-17-7-3-2-4-8-17;/h2-13H,14-16H2,1H3,(H2,24,26,27);1H. The lowest BCUT2D eigenvalue weighted by Gasteiger charge is -2.13. The van der Waals surface area contributed by atoms with Crippen LogP contribution in [0.25, 0.3) is 0 Å². The van der Waals surface area contributed by atoms with Crippen molar-refractivity contribution in [2.75, 3.05) is 7.05 Å². The summed E-state index contributed by atoms with van der Waals surface area (Å²) in [5, 5.41) is 6.32. The number of hydrogen-bond donors (Lipinski definition) is 2. The topological polar surface area (TPSA) is 58.5 Å². The van der Waals surface area contributed by atoms with Crippen LogP contribution in [0.1, 0.15) is 16.7 Å². The van der Waals surface area contributed by atoms with Gasteiger partial charge in [0.1, 0.15) is 12.4 Å². The molecule has 0 aliphatic carbocycles. The summed E-state index contributed by atoms with van der Waals surface area (Å²) < 4.78 is 19.5. The molecule has 0 saturated heterocycles. The minimum Gasteiger partial charge on any atom is -0.473 e.